The van der Waals surface area contributed by atoms with Crippen molar-refractivity contribution in [1.29, 1.82) is 0 Å². The third-order valence-electron chi connectivity index (χ3n) is 5.27. The molecule has 162 valence electrons. The van der Waals surface area contributed by atoms with Gasteiger partial charge in [-0.1, -0.05) is 15.9 Å². The Kier molecular flexibility index (Phi) is 5.55. The van der Waals surface area contributed by atoms with Crippen LogP contribution in [0.3, 0.4) is 0 Å². The van der Waals surface area contributed by atoms with E-state index in [0.29, 0.717) is 45.6 Å². The van der Waals surface area contributed by atoms with Crippen LogP contribution in [0.25, 0.3) is 16.9 Å². The number of halogens is 4. The molecule has 4 rings (SSSR count). The van der Waals surface area contributed by atoms with Crippen molar-refractivity contribution in [1.82, 2.24) is 9.78 Å². The van der Waals surface area contributed by atoms with Crippen LogP contribution in [0.1, 0.15) is 23.1 Å². The summed E-state index contributed by atoms with van der Waals surface area (Å²) in [6, 6.07) is 8.63. The van der Waals surface area contributed by atoms with E-state index in [4.69, 9.17) is 9.47 Å². The summed E-state index contributed by atoms with van der Waals surface area (Å²) in [7, 11) is 3.02. The van der Waals surface area contributed by atoms with Crippen molar-refractivity contribution in [3.63, 3.8) is 0 Å². The highest BCUT2D eigenvalue weighted by molar-refractivity contribution is 9.10. The second-order valence-corrected chi connectivity index (χ2v) is 8.05. The fourth-order valence-corrected chi connectivity index (χ4v) is 4.18. The minimum atomic E-state index is -4.64. The van der Waals surface area contributed by atoms with Gasteiger partial charge in [0.05, 0.1) is 31.2 Å². The summed E-state index contributed by atoms with van der Waals surface area (Å²) in [5.74, 6) is 1.03. The molecule has 1 heterocycles. The highest BCUT2D eigenvalue weighted by Gasteiger charge is 2.35. The number of aromatic nitrogens is 2. The van der Waals surface area contributed by atoms with Gasteiger partial charge in [0.15, 0.2) is 0 Å². The van der Waals surface area contributed by atoms with Crippen LogP contribution in [0.15, 0.2) is 45.7 Å². The minimum absolute atomic E-state index is 0.322. The summed E-state index contributed by atoms with van der Waals surface area (Å²) in [6.07, 6.45) is -2.80. The average Bonchev–Trinajstić information content (AvgIpc) is 3.23. The van der Waals surface area contributed by atoms with E-state index < -0.39 is 17.3 Å². The molecule has 0 bridgehead atoms. The molecule has 0 amide bonds. The maximum atomic E-state index is 13.7. The van der Waals surface area contributed by atoms with E-state index in [9.17, 15) is 18.0 Å². The quantitative estimate of drug-likeness (QED) is 0.501. The van der Waals surface area contributed by atoms with Crippen molar-refractivity contribution in [3.8, 4) is 28.4 Å². The summed E-state index contributed by atoms with van der Waals surface area (Å²) in [6.45, 7) is 0. The van der Waals surface area contributed by atoms with Crippen LogP contribution >= 0.6 is 15.9 Å². The second-order valence-electron chi connectivity index (χ2n) is 7.14. The first-order valence-electron chi connectivity index (χ1n) is 9.48. The van der Waals surface area contributed by atoms with Crippen molar-refractivity contribution in [3.05, 3.63) is 67.9 Å². The van der Waals surface area contributed by atoms with Gasteiger partial charge in [0.2, 0.25) is 0 Å². The summed E-state index contributed by atoms with van der Waals surface area (Å²) >= 11 is 3.20. The van der Waals surface area contributed by atoms with Crippen molar-refractivity contribution in [2.75, 3.05) is 14.2 Å². The lowest BCUT2D eigenvalue weighted by Crippen LogP contribution is -2.28. The molecule has 0 unspecified atom stereocenters. The van der Waals surface area contributed by atoms with Gasteiger partial charge in [-0.25, -0.2) is 0 Å². The van der Waals surface area contributed by atoms with Gasteiger partial charge < -0.3 is 9.47 Å². The molecule has 0 N–H and O–H groups in total. The highest BCUT2D eigenvalue weighted by Crippen LogP contribution is 2.37. The SMILES string of the molecule is COc1cc(OC)cc(-c2nn(-c3cc(Br)ccc3C(F)(F)F)c(=O)c3c2CCC3)c1. The Hall–Kier alpha value is -2.81. The van der Waals surface area contributed by atoms with E-state index in [0.717, 1.165) is 22.7 Å². The van der Waals surface area contributed by atoms with Gasteiger partial charge in [-0.05, 0) is 55.2 Å². The fourth-order valence-electron chi connectivity index (χ4n) is 3.83. The number of ether oxygens (including phenoxy) is 2. The molecule has 5 nitrogen and oxygen atoms in total. The van der Waals surface area contributed by atoms with Crippen LogP contribution in [0.5, 0.6) is 11.5 Å². The monoisotopic (exact) mass is 494 g/mol. The topological polar surface area (TPSA) is 53.4 Å². The maximum absolute atomic E-state index is 13.7. The Labute approximate surface area is 184 Å². The predicted octanol–water partition coefficient (Wildman–Crippen LogP) is 5.19. The Morgan fingerprint density at radius 3 is 2.26 bits per heavy atom. The predicted molar refractivity (Wildman–Crippen MR) is 113 cm³/mol. The number of benzene rings is 2. The van der Waals surface area contributed by atoms with E-state index in [1.165, 1.54) is 26.4 Å². The first-order valence-corrected chi connectivity index (χ1v) is 10.3. The molecule has 0 radical (unpaired) electrons. The zero-order valence-electron chi connectivity index (χ0n) is 16.7. The third kappa shape index (κ3) is 3.94. The van der Waals surface area contributed by atoms with Gasteiger partial charge in [0.25, 0.3) is 5.56 Å². The fraction of sp³-hybridized carbons (Fsp3) is 0.273. The van der Waals surface area contributed by atoms with E-state index in [1.54, 1.807) is 18.2 Å². The standard InChI is InChI=1S/C22H18BrF3N2O3/c1-30-14-8-12(9-15(11-14)31-2)20-16-4-3-5-17(16)21(29)28(27-20)19-10-13(23)6-7-18(19)22(24,25)26/h6-11H,3-5H2,1-2H3. The van der Waals surface area contributed by atoms with Crippen molar-refractivity contribution < 1.29 is 22.6 Å². The van der Waals surface area contributed by atoms with E-state index >= 15 is 0 Å². The average molecular weight is 495 g/mol. The van der Waals surface area contributed by atoms with Crippen LogP contribution in [0, 0.1) is 0 Å². The Morgan fingerprint density at radius 2 is 1.65 bits per heavy atom. The first kappa shape index (κ1) is 21.4. The van der Waals surface area contributed by atoms with Crippen LogP contribution in [-0.4, -0.2) is 24.0 Å². The van der Waals surface area contributed by atoms with Crippen LogP contribution < -0.4 is 15.0 Å². The largest absolute Gasteiger partial charge is 0.497 e. The summed E-state index contributed by atoms with van der Waals surface area (Å²) in [5.41, 5.74) is 0.494. The molecule has 1 aliphatic carbocycles. The molecule has 0 aliphatic heterocycles. The summed E-state index contributed by atoms with van der Waals surface area (Å²) in [4.78, 5) is 13.1. The lowest BCUT2D eigenvalue weighted by Gasteiger charge is -2.17. The number of rotatable bonds is 4. The number of fused-ring (bicyclic) bond motifs is 1. The number of methoxy groups -OCH3 is 2. The molecule has 1 aromatic heterocycles. The van der Waals surface area contributed by atoms with Crippen molar-refractivity contribution >= 4 is 15.9 Å². The van der Waals surface area contributed by atoms with E-state index in [-0.39, 0.29) is 5.69 Å². The molecule has 0 fully saturated rings. The Morgan fingerprint density at radius 1 is 1.00 bits per heavy atom. The molecule has 2 aromatic carbocycles. The molecule has 31 heavy (non-hydrogen) atoms. The third-order valence-corrected chi connectivity index (χ3v) is 5.77. The first-order chi connectivity index (χ1) is 14.7. The van der Waals surface area contributed by atoms with Gasteiger partial charge in [-0.15, -0.1) is 0 Å². The Bertz CT molecular complexity index is 1200. The Balaban J connectivity index is 2.03. The molecule has 0 atom stereocenters. The lowest BCUT2D eigenvalue weighted by atomic mass is 10.0. The molecule has 9 heteroatoms. The molecule has 3 aromatic rings. The zero-order chi connectivity index (χ0) is 22.3. The second kappa shape index (κ2) is 8.03. The number of nitrogens with zero attached hydrogens (tertiary/aromatic N) is 2. The van der Waals surface area contributed by atoms with Gasteiger partial charge in [0.1, 0.15) is 11.5 Å². The molecular weight excluding hydrogens is 477 g/mol. The van der Waals surface area contributed by atoms with Gasteiger partial charge in [-0.3, -0.25) is 4.79 Å². The lowest BCUT2D eigenvalue weighted by molar-refractivity contribution is -0.137. The van der Waals surface area contributed by atoms with Crippen molar-refractivity contribution in [2.45, 2.75) is 25.4 Å². The molecule has 0 saturated heterocycles. The number of hydrogen-bond donors (Lipinski definition) is 0. The number of hydrogen-bond acceptors (Lipinski definition) is 4. The molecule has 1 aliphatic rings. The normalized spacial score (nSPS) is 13.2. The van der Waals surface area contributed by atoms with Gasteiger partial charge in [-0.2, -0.15) is 23.0 Å². The van der Waals surface area contributed by atoms with Gasteiger partial charge in [0, 0.05) is 21.7 Å². The molecular formula is C22H18BrF3N2O3. The van der Waals surface area contributed by atoms with Crippen molar-refractivity contribution in [2.24, 2.45) is 0 Å². The van der Waals surface area contributed by atoms with Crippen LogP contribution in [0.4, 0.5) is 13.2 Å². The molecule has 0 saturated carbocycles. The summed E-state index contributed by atoms with van der Waals surface area (Å²) in [5, 5.41) is 4.42. The van der Waals surface area contributed by atoms with E-state index in [2.05, 4.69) is 21.0 Å². The number of alkyl halides is 3. The minimum Gasteiger partial charge on any atom is -0.497 e. The zero-order valence-corrected chi connectivity index (χ0v) is 18.3. The van der Waals surface area contributed by atoms with E-state index in [1.807, 2.05) is 0 Å². The van der Waals surface area contributed by atoms with Gasteiger partial charge >= 0.3 is 6.18 Å². The molecule has 0 spiro atoms. The highest BCUT2D eigenvalue weighted by atomic mass is 79.9. The summed E-state index contributed by atoms with van der Waals surface area (Å²) < 4.78 is 53.0. The van der Waals surface area contributed by atoms with Crippen LogP contribution in [-0.2, 0) is 19.0 Å². The smallest absolute Gasteiger partial charge is 0.418 e. The maximum Gasteiger partial charge on any atom is 0.418 e. The van der Waals surface area contributed by atoms with Crippen LogP contribution in [0.2, 0.25) is 0 Å².